The van der Waals surface area contributed by atoms with Gasteiger partial charge in [-0.25, -0.2) is 9.97 Å². The second-order valence-electron chi connectivity index (χ2n) is 10.8. The molecule has 0 aromatic carbocycles. The SMILES string of the molecule is COc1ccc(C(C)(C)Cc2nc(C)ccc2C(C)(C)CC(C)(C)c2n[nH]c(CO)n2)cn1. The molecule has 3 aromatic rings. The normalized spacial score (nSPS) is 12.8. The predicted octanol–water partition coefficient (Wildman–Crippen LogP) is 4.57. The Kier molecular flexibility index (Phi) is 6.93. The Morgan fingerprint density at radius 2 is 1.67 bits per heavy atom. The molecule has 3 rings (SSSR count). The van der Waals surface area contributed by atoms with Crippen molar-refractivity contribution in [3.05, 3.63) is 64.6 Å². The molecule has 0 amide bonds. The number of nitrogens with one attached hydrogen (secondary N) is 1. The number of ether oxygens (including phenoxy) is 1. The van der Waals surface area contributed by atoms with Crippen molar-refractivity contribution in [3.63, 3.8) is 0 Å². The van der Waals surface area contributed by atoms with Crippen LogP contribution in [-0.2, 0) is 29.3 Å². The number of H-pyrrole nitrogens is 1. The van der Waals surface area contributed by atoms with Gasteiger partial charge in [0.1, 0.15) is 12.4 Å². The third-order valence-corrected chi connectivity index (χ3v) is 6.35. The summed E-state index contributed by atoms with van der Waals surface area (Å²) in [6.45, 7) is 15.2. The Hall–Kier alpha value is -2.80. The molecule has 0 atom stereocenters. The van der Waals surface area contributed by atoms with Crippen LogP contribution >= 0.6 is 0 Å². The van der Waals surface area contributed by atoms with Crippen LogP contribution in [0.25, 0.3) is 0 Å². The maximum absolute atomic E-state index is 9.37. The molecular formula is C26H37N5O2. The van der Waals surface area contributed by atoms with Crippen LogP contribution < -0.4 is 4.74 Å². The summed E-state index contributed by atoms with van der Waals surface area (Å²) in [5.74, 6) is 1.82. The van der Waals surface area contributed by atoms with E-state index in [0.29, 0.717) is 17.5 Å². The van der Waals surface area contributed by atoms with Gasteiger partial charge in [-0.05, 0) is 47.8 Å². The van der Waals surface area contributed by atoms with Crippen molar-refractivity contribution in [2.24, 2.45) is 0 Å². The monoisotopic (exact) mass is 451 g/mol. The average molecular weight is 452 g/mol. The second kappa shape index (κ2) is 9.21. The van der Waals surface area contributed by atoms with Gasteiger partial charge in [0.15, 0.2) is 5.82 Å². The first-order valence-electron chi connectivity index (χ1n) is 11.4. The van der Waals surface area contributed by atoms with Gasteiger partial charge in [-0.2, -0.15) is 5.10 Å². The Bertz CT molecular complexity index is 1080. The molecule has 0 radical (unpaired) electrons. The molecule has 0 fully saturated rings. The van der Waals surface area contributed by atoms with Gasteiger partial charge in [0.2, 0.25) is 5.88 Å². The zero-order valence-corrected chi connectivity index (χ0v) is 21.2. The molecule has 0 bridgehead atoms. The summed E-state index contributed by atoms with van der Waals surface area (Å²) in [5.41, 5.74) is 3.87. The van der Waals surface area contributed by atoms with Crippen LogP contribution in [0, 0.1) is 6.92 Å². The van der Waals surface area contributed by atoms with Gasteiger partial charge in [0.05, 0.1) is 7.11 Å². The van der Waals surface area contributed by atoms with E-state index in [4.69, 9.17) is 9.72 Å². The number of hydrogen-bond donors (Lipinski definition) is 2. The first-order chi connectivity index (χ1) is 15.4. The van der Waals surface area contributed by atoms with Crippen molar-refractivity contribution in [2.45, 2.75) is 84.2 Å². The van der Waals surface area contributed by atoms with Gasteiger partial charge in [-0.15, -0.1) is 0 Å². The van der Waals surface area contributed by atoms with E-state index >= 15 is 0 Å². The number of hydrogen-bond acceptors (Lipinski definition) is 6. The summed E-state index contributed by atoms with van der Waals surface area (Å²) >= 11 is 0. The van der Waals surface area contributed by atoms with Gasteiger partial charge in [0, 0.05) is 29.1 Å². The number of methoxy groups -OCH3 is 1. The van der Waals surface area contributed by atoms with Gasteiger partial charge in [-0.1, -0.05) is 53.7 Å². The van der Waals surface area contributed by atoms with Crippen LogP contribution in [0.1, 0.15) is 82.1 Å². The Morgan fingerprint density at radius 1 is 0.939 bits per heavy atom. The number of aromatic amines is 1. The lowest BCUT2D eigenvalue weighted by Crippen LogP contribution is -2.33. The molecule has 3 heterocycles. The summed E-state index contributed by atoms with van der Waals surface area (Å²) in [6.07, 6.45) is 3.51. The van der Waals surface area contributed by atoms with Crippen molar-refractivity contribution < 1.29 is 9.84 Å². The third kappa shape index (κ3) is 5.58. The minimum atomic E-state index is -0.287. The average Bonchev–Trinajstić information content (AvgIpc) is 3.23. The molecule has 33 heavy (non-hydrogen) atoms. The molecule has 7 nitrogen and oxygen atoms in total. The quantitative estimate of drug-likeness (QED) is 0.495. The van der Waals surface area contributed by atoms with Gasteiger partial charge >= 0.3 is 0 Å². The summed E-state index contributed by atoms with van der Waals surface area (Å²) in [7, 11) is 1.63. The fraction of sp³-hybridized carbons (Fsp3) is 0.538. The van der Waals surface area contributed by atoms with E-state index in [-0.39, 0.29) is 22.9 Å². The highest BCUT2D eigenvalue weighted by Gasteiger charge is 2.36. The van der Waals surface area contributed by atoms with Crippen LogP contribution in [0.2, 0.25) is 0 Å². The van der Waals surface area contributed by atoms with Crippen molar-refractivity contribution >= 4 is 0 Å². The molecule has 7 heteroatoms. The number of nitrogens with zero attached hydrogens (tertiary/aromatic N) is 4. The smallest absolute Gasteiger partial charge is 0.212 e. The van der Waals surface area contributed by atoms with E-state index in [0.717, 1.165) is 29.8 Å². The van der Waals surface area contributed by atoms with E-state index in [1.165, 1.54) is 5.56 Å². The number of pyridine rings is 2. The second-order valence-corrected chi connectivity index (χ2v) is 10.8. The first kappa shape index (κ1) is 24.8. The minimum Gasteiger partial charge on any atom is -0.481 e. The molecule has 0 saturated heterocycles. The highest BCUT2D eigenvalue weighted by atomic mass is 16.5. The lowest BCUT2D eigenvalue weighted by molar-refractivity contribution is 0.271. The van der Waals surface area contributed by atoms with E-state index < -0.39 is 0 Å². The molecule has 0 spiro atoms. The van der Waals surface area contributed by atoms with Gasteiger partial charge in [-0.3, -0.25) is 10.1 Å². The topological polar surface area (TPSA) is 96.8 Å². The molecular weight excluding hydrogens is 414 g/mol. The maximum atomic E-state index is 9.37. The molecule has 0 aliphatic carbocycles. The van der Waals surface area contributed by atoms with Crippen molar-refractivity contribution in [3.8, 4) is 5.88 Å². The first-order valence-corrected chi connectivity index (χ1v) is 11.4. The minimum absolute atomic E-state index is 0.145. The fourth-order valence-electron chi connectivity index (χ4n) is 4.73. The summed E-state index contributed by atoms with van der Waals surface area (Å²) in [4.78, 5) is 13.9. The summed E-state index contributed by atoms with van der Waals surface area (Å²) in [5, 5.41) is 16.5. The van der Waals surface area contributed by atoms with Crippen molar-refractivity contribution in [1.29, 1.82) is 0 Å². The highest BCUT2D eigenvalue weighted by Crippen LogP contribution is 2.40. The zero-order valence-electron chi connectivity index (χ0n) is 21.2. The van der Waals surface area contributed by atoms with Crippen LogP contribution in [0.5, 0.6) is 5.88 Å². The maximum Gasteiger partial charge on any atom is 0.212 e. The predicted molar refractivity (Wildman–Crippen MR) is 129 cm³/mol. The van der Waals surface area contributed by atoms with Crippen LogP contribution in [0.15, 0.2) is 30.5 Å². The molecule has 0 saturated carbocycles. The van der Waals surface area contributed by atoms with E-state index in [1.54, 1.807) is 7.11 Å². The van der Waals surface area contributed by atoms with Crippen LogP contribution in [0.3, 0.4) is 0 Å². The van der Waals surface area contributed by atoms with Crippen LogP contribution in [-0.4, -0.2) is 37.4 Å². The molecule has 0 aliphatic heterocycles. The van der Waals surface area contributed by atoms with Gasteiger partial charge < -0.3 is 9.84 Å². The molecule has 2 N–H and O–H groups in total. The number of aromatic nitrogens is 5. The zero-order chi connectivity index (χ0) is 24.4. The van der Waals surface area contributed by atoms with E-state index in [1.807, 2.05) is 19.2 Å². The third-order valence-electron chi connectivity index (χ3n) is 6.35. The van der Waals surface area contributed by atoms with E-state index in [2.05, 4.69) is 79.9 Å². The highest BCUT2D eigenvalue weighted by molar-refractivity contribution is 5.35. The van der Waals surface area contributed by atoms with Crippen LogP contribution in [0.4, 0.5) is 0 Å². The number of aliphatic hydroxyl groups excluding tert-OH is 1. The molecule has 3 aromatic heterocycles. The number of aliphatic hydroxyl groups is 1. The Morgan fingerprint density at radius 3 is 2.24 bits per heavy atom. The molecule has 178 valence electrons. The molecule has 0 unspecified atom stereocenters. The lowest BCUT2D eigenvalue weighted by atomic mass is 9.69. The summed E-state index contributed by atoms with van der Waals surface area (Å²) < 4.78 is 5.22. The van der Waals surface area contributed by atoms with Crippen molar-refractivity contribution in [1.82, 2.24) is 25.1 Å². The molecule has 0 aliphatic rings. The fourth-order valence-corrected chi connectivity index (χ4v) is 4.73. The number of aryl methyl sites for hydroxylation is 1. The largest absolute Gasteiger partial charge is 0.481 e. The van der Waals surface area contributed by atoms with Crippen molar-refractivity contribution in [2.75, 3.05) is 7.11 Å². The van der Waals surface area contributed by atoms with Gasteiger partial charge in [0.25, 0.3) is 0 Å². The standard InChI is InChI=1S/C26H37N5O2/c1-17-9-11-19(25(4,5)16-26(6,7)23-29-21(15-32)30-31-23)20(28-17)13-24(2,3)18-10-12-22(33-8)27-14-18/h9-12,14,32H,13,15-16H2,1-8H3,(H,29,30,31). The van der Waals surface area contributed by atoms with E-state index in [9.17, 15) is 5.11 Å². The Labute approximate surface area is 197 Å². The Balaban J connectivity index is 1.93. The summed E-state index contributed by atoms with van der Waals surface area (Å²) in [6, 6.07) is 8.29. The number of rotatable bonds is 9. The lowest BCUT2D eigenvalue weighted by Gasteiger charge is -2.36.